The van der Waals surface area contributed by atoms with E-state index in [4.69, 9.17) is 9.72 Å². The second-order valence-electron chi connectivity index (χ2n) is 7.38. The smallest absolute Gasteiger partial charge is 0.321 e. The molecule has 0 radical (unpaired) electrons. The molecule has 4 rings (SSSR count). The number of fused-ring (bicyclic) bond motifs is 3. The van der Waals surface area contributed by atoms with Crippen molar-refractivity contribution in [2.24, 2.45) is 5.92 Å². The van der Waals surface area contributed by atoms with Gasteiger partial charge in [-0.3, -0.25) is 14.5 Å². The molecule has 2 aromatic carbocycles. The number of benzene rings is 2. The fourth-order valence-corrected chi connectivity index (χ4v) is 4.05. The molecule has 156 valence electrons. The van der Waals surface area contributed by atoms with Crippen molar-refractivity contribution in [2.45, 2.75) is 32.7 Å². The molecular weight excluding hydrogens is 382 g/mol. The van der Waals surface area contributed by atoms with Crippen molar-refractivity contribution < 1.29 is 19.4 Å². The van der Waals surface area contributed by atoms with E-state index in [1.165, 1.54) is 0 Å². The molecule has 0 unspecified atom stereocenters. The van der Waals surface area contributed by atoms with E-state index in [0.29, 0.717) is 12.5 Å². The fourth-order valence-electron chi connectivity index (χ4n) is 4.05. The molecule has 2 heterocycles. The van der Waals surface area contributed by atoms with E-state index in [2.05, 4.69) is 6.92 Å². The summed E-state index contributed by atoms with van der Waals surface area (Å²) >= 11 is 0. The predicted molar refractivity (Wildman–Crippen MR) is 113 cm³/mol. The van der Waals surface area contributed by atoms with Crippen molar-refractivity contribution >= 4 is 28.9 Å². The van der Waals surface area contributed by atoms with E-state index in [1.54, 1.807) is 36.1 Å². The summed E-state index contributed by atoms with van der Waals surface area (Å²) in [4.78, 5) is 32.9. The summed E-state index contributed by atoms with van der Waals surface area (Å²) < 4.78 is 7.27. The first-order valence-corrected chi connectivity index (χ1v) is 10.3. The number of aromatic nitrogens is 2. The highest BCUT2D eigenvalue weighted by Gasteiger charge is 2.47. The van der Waals surface area contributed by atoms with Crippen LogP contribution in [0.15, 0.2) is 48.5 Å². The molecule has 1 N–H and O–H groups in total. The standard InChI is InChI=1S/C23H25N3O4/c1-3-5-14-25-21(28)19(22(29)30-4-2)20(15-10-12-16(27)13-11-15)26-18-9-7-6-8-17(18)24-23(25)26/h6-13,19-20,27H,3-5,14H2,1-2H3/t19-,20+/m1/s1. The highest BCUT2D eigenvalue weighted by molar-refractivity contribution is 6.08. The van der Waals surface area contributed by atoms with Crippen molar-refractivity contribution in [3.8, 4) is 5.75 Å². The molecule has 0 bridgehead atoms. The van der Waals surface area contributed by atoms with Gasteiger partial charge in [0.15, 0.2) is 5.92 Å². The Balaban J connectivity index is 1.97. The van der Waals surface area contributed by atoms with E-state index in [9.17, 15) is 14.7 Å². The number of anilines is 1. The normalized spacial score (nSPS) is 18.5. The Hall–Kier alpha value is -3.35. The number of esters is 1. The lowest BCUT2D eigenvalue weighted by Gasteiger charge is -2.38. The molecule has 0 aliphatic carbocycles. The van der Waals surface area contributed by atoms with Crippen LogP contribution in [0.2, 0.25) is 0 Å². The molecule has 0 spiro atoms. The first kappa shape index (κ1) is 19.9. The van der Waals surface area contributed by atoms with Gasteiger partial charge in [-0.1, -0.05) is 37.6 Å². The molecule has 2 atom stereocenters. The number of unbranched alkanes of at least 4 members (excludes halogenated alkanes) is 1. The lowest BCUT2D eigenvalue weighted by molar-refractivity contribution is -0.153. The van der Waals surface area contributed by atoms with Crippen LogP contribution in [-0.2, 0) is 14.3 Å². The van der Waals surface area contributed by atoms with Crippen LogP contribution < -0.4 is 4.90 Å². The maximum Gasteiger partial charge on any atom is 0.321 e. The maximum absolute atomic E-state index is 13.6. The summed E-state index contributed by atoms with van der Waals surface area (Å²) in [6.07, 6.45) is 1.71. The van der Waals surface area contributed by atoms with E-state index in [0.717, 1.165) is 29.4 Å². The number of rotatable bonds is 6. The quantitative estimate of drug-likeness (QED) is 0.498. The summed E-state index contributed by atoms with van der Waals surface area (Å²) in [5.74, 6) is -1.23. The Morgan fingerprint density at radius 2 is 1.87 bits per heavy atom. The number of amides is 1. The van der Waals surface area contributed by atoms with Crippen molar-refractivity contribution in [3.63, 3.8) is 0 Å². The summed E-state index contributed by atoms with van der Waals surface area (Å²) in [7, 11) is 0. The van der Waals surface area contributed by atoms with Crippen molar-refractivity contribution in [1.29, 1.82) is 0 Å². The first-order chi connectivity index (χ1) is 14.6. The zero-order valence-electron chi connectivity index (χ0n) is 17.1. The van der Waals surface area contributed by atoms with Gasteiger partial charge in [0.2, 0.25) is 11.9 Å². The molecule has 1 aliphatic rings. The molecule has 0 saturated heterocycles. The van der Waals surface area contributed by atoms with Crippen molar-refractivity contribution in [3.05, 3.63) is 54.1 Å². The number of carbonyl (C=O) groups excluding carboxylic acids is 2. The predicted octanol–water partition coefficient (Wildman–Crippen LogP) is 3.66. The van der Waals surface area contributed by atoms with Crippen molar-refractivity contribution in [1.82, 2.24) is 9.55 Å². The molecule has 3 aromatic rings. The van der Waals surface area contributed by atoms with Gasteiger partial charge >= 0.3 is 5.97 Å². The van der Waals surface area contributed by atoms with Crippen LogP contribution in [0, 0.1) is 5.92 Å². The number of hydrogen-bond donors (Lipinski definition) is 1. The van der Waals surface area contributed by atoms with Crippen LogP contribution in [0.3, 0.4) is 0 Å². The van der Waals surface area contributed by atoms with E-state index < -0.39 is 17.9 Å². The number of phenols is 1. The van der Waals surface area contributed by atoms with Crippen LogP contribution in [0.1, 0.15) is 38.3 Å². The van der Waals surface area contributed by atoms with Gasteiger partial charge < -0.3 is 14.4 Å². The molecule has 7 heteroatoms. The first-order valence-electron chi connectivity index (χ1n) is 10.3. The molecule has 1 aliphatic heterocycles. The monoisotopic (exact) mass is 407 g/mol. The summed E-state index contributed by atoms with van der Waals surface area (Å²) in [5.41, 5.74) is 2.34. The van der Waals surface area contributed by atoms with E-state index >= 15 is 0 Å². The van der Waals surface area contributed by atoms with Gasteiger partial charge in [0, 0.05) is 6.54 Å². The Bertz CT molecular complexity index is 1070. The molecule has 30 heavy (non-hydrogen) atoms. The van der Waals surface area contributed by atoms with E-state index in [1.807, 2.05) is 28.8 Å². The summed E-state index contributed by atoms with van der Waals surface area (Å²) in [6, 6.07) is 13.6. The minimum Gasteiger partial charge on any atom is -0.508 e. The summed E-state index contributed by atoms with van der Waals surface area (Å²) in [5, 5.41) is 9.75. The minimum atomic E-state index is -1.03. The highest BCUT2D eigenvalue weighted by atomic mass is 16.5. The van der Waals surface area contributed by atoms with Gasteiger partial charge in [-0.15, -0.1) is 0 Å². The Labute approximate surface area is 174 Å². The number of hydrogen-bond acceptors (Lipinski definition) is 5. The van der Waals surface area contributed by atoms with Gasteiger partial charge in [-0.2, -0.15) is 0 Å². The molecule has 1 amide bonds. The summed E-state index contributed by atoms with van der Waals surface area (Å²) in [6.45, 7) is 4.46. The van der Waals surface area contributed by atoms with Crippen LogP contribution in [0.4, 0.5) is 5.95 Å². The Morgan fingerprint density at radius 3 is 2.57 bits per heavy atom. The lowest BCUT2D eigenvalue weighted by atomic mass is 9.89. The van der Waals surface area contributed by atoms with Crippen LogP contribution in [0.25, 0.3) is 11.0 Å². The molecule has 7 nitrogen and oxygen atoms in total. The highest BCUT2D eigenvalue weighted by Crippen LogP contribution is 2.41. The van der Waals surface area contributed by atoms with Gasteiger partial charge in [-0.05, 0) is 43.2 Å². The second kappa shape index (κ2) is 8.18. The third-order valence-corrected chi connectivity index (χ3v) is 5.46. The van der Waals surface area contributed by atoms with Crippen molar-refractivity contribution in [2.75, 3.05) is 18.1 Å². The number of carbonyl (C=O) groups is 2. The van der Waals surface area contributed by atoms with Gasteiger partial charge in [0.25, 0.3) is 0 Å². The molecule has 0 saturated carbocycles. The number of ether oxygens (including phenoxy) is 1. The minimum absolute atomic E-state index is 0.119. The second-order valence-corrected chi connectivity index (χ2v) is 7.38. The maximum atomic E-state index is 13.6. The average Bonchev–Trinajstić information content (AvgIpc) is 3.12. The fraction of sp³-hybridized carbons (Fsp3) is 0.348. The zero-order chi connectivity index (χ0) is 21.3. The average molecular weight is 407 g/mol. The number of nitrogens with zero attached hydrogens (tertiary/aromatic N) is 3. The van der Waals surface area contributed by atoms with Crippen LogP contribution in [0.5, 0.6) is 5.75 Å². The lowest BCUT2D eigenvalue weighted by Crippen LogP contribution is -2.50. The third-order valence-electron chi connectivity index (χ3n) is 5.46. The Morgan fingerprint density at radius 1 is 1.13 bits per heavy atom. The molecular formula is C23H25N3O4. The number of para-hydroxylation sites is 2. The van der Waals surface area contributed by atoms with Crippen LogP contribution in [-0.4, -0.2) is 39.7 Å². The van der Waals surface area contributed by atoms with Gasteiger partial charge in [-0.25, -0.2) is 4.98 Å². The molecule has 1 aromatic heterocycles. The number of imidazole rings is 1. The topological polar surface area (TPSA) is 84.7 Å². The zero-order valence-corrected chi connectivity index (χ0v) is 17.1. The SMILES string of the molecule is CCCCN1C(=O)[C@H](C(=O)OCC)[C@H](c2ccc(O)cc2)n2c1nc1ccccc12. The number of aromatic hydroxyl groups is 1. The Kier molecular flexibility index (Phi) is 5.44. The third kappa shape index (κ3) is 3.30. The largest absolute Gasteiger partial charge is 0.508 e. The number of phenolic OH excluding ortho intramolecular Hbond substituents is 1. The van der Waals surface area contributed by atoms with Gasteiger partial charge in [0.1, 0.15) is 5.75 Å². The van der Waals surface area contributed by atoms with Crippen LogP contribution >= 0.6 is 0 Å². The molecule has 0 fully saturated rings. The van der Waals surface area contributed by atoms with E-state index in [-0.39, 0.29) is 18.3 Å². The van der Waals surface area contributed by atoms with Gasteiger partial charge in [0.05, 0.1) is 23.7 Å².